The minimum Gasteiger partial charge on any atom is -0.348 e. The molecule has 0 aliphatic rings. The summed E-state index contributed by atoms with van der Waals surface area (Å²) in [5, 5.41) is 9.84. The average Bonchev–Trinajstić information content (AvgIpc) is 3.05. The van der Waals surface area contributed by atoms with Crippen LogP contribution in [0.15, 0.2) is 53.7 Å². The van der Waals surface area contributed by atoms with Crippen molar-refractivity contribution in [2.75, 3.05) is 14.1 Å². The molecule has 1 atom stereocenters. The Morgan fingerprint density at radius 3 is 2.48 bits per heavy atom. The van der Waals surface area contributed by atoms with Crippen molar-refractivity contribution in [3.63, 3.8) is 0 Å². The molecule has 2 aromatic carbocycles. The van der Waals surface area contributed by atoms with Gasteiger partial charge >= 0.3 is 0 Å². The minimum absolute atomic E-state index is 0.0303. The van der Waals surface area contributed by atoms with E-state index in [0.29, 0.717) is 10.2 Å². The number of hydrogen-bond acceptors (Lipinski definition) is 4. The Balaban J connectivity index is 2.09. The van der Waals surface area contributed by atoms with Crippen molar-refractivity contribution >= 4 is 29.3 Å². The van der Waals surface area contributed by atoms with Crippen molar-refractivity contribution in [3.8, 4) is 17.1 Å². The predicted octanol–water partition coefficient (Wildman–Crippen LogP) is 4.46. The van der Waals surface area contributed by atoms with E-state index >= 15 is 0 Å². The summed E-state index contributed by atoms with van der Waals surface area (Å²) < 4.78 is 1.97. The van der Waals surface area contributed by atoms with Crippen molar-refractivity contribution in [1.29, 1.82) is 0 Å². The molecule has 140 valence electrons. The van der Waals surface area contributed by atoms with E-state index in [-0.39, 0.29) is 11.2 Å². The maximum atomic E-state index is 12.3. The van der Waals surface area contributed by atoms with Crippen LogP contribution in [0.25, 0.3) is 17.1 Å². The van der Waals surface area contributed by atoms with E-state index in [9.17, 15) is 4.79 Å². The van der Waals surface area contributed by atoms with Crippen LogP contribution in [0, 0.1) is 6.92 Å². The van der Waals surface area contributed by atoms with Gasteiger partial charge in [-0.3, -0.25) is 9.36 Å². The molecule has 7 heteroatoms. The van der Waals surface area contributed by atoms with Crippen molar-refractivity contribution < 1.29 is 4.79 Å². The fourth-order valence-corrected chi connectivity index (χ4v) is 3.85. The molecule has 3 rings (SSSR count). The summed E-state index contributed by atoms with van der Waals surface area (Å²) in [6, 6.07) is 15.6. The highest BCUT2D eigenvalue weighted by Gasteiger charge is 2.22. The molecule has 1 heterocycles. The van der Waals surface area contributed by atoms with Crippen molar-refractivity contribution in [1.82, 2.24) is 19.7 Å². The lowest BCUT2D eigenvalue weighted by Crippen LogP contribution is -2.29. The highest BCUT2D eigenvalue weighted by atomic mass is 35.5. The molecule has 0 aliphatic heterocycles. The number of amides is 1. The molecule has 0 radical (unpaired) electrons. The molecule has 1 amide bonds. The second kappa shape index (κ2) is 8.15. The largest absolute Gasteiger partial charge is 0.348 e. The SMILES string of the molecule is Cc1cccc(-c2nnc(SC(C)C(=O)N(C)C)n2-c2ccc(Cl)cc2)c1. The number of thioether (sulfide) groups is 1. The Labute approximate surface area is 168 Å². The Morgan fingerprint density at radius 1 is 1.15 bits per heavy atom. The lowest BCUT2D eigenvalue weighted by molar-refractivity contribution is -0.127. The number of halogens is 1. The first-order chi connectivity index (χ1) is 12.9. The lowest BCUT2D eigenvalue weighted by Gasteiger charge is -2.17. The molecule has 0 aliphatic carbocycles. The van der Waals surface area contributed by atoms with Crippen molar-refractivity contribution in [2.24, 2.45) is 0 Å². The number of rotatable bonds is 5. The molecule has 27 heavy (non-hydrogen) atoms. The molecule has 3 aromatic rings. The number of nitrogens with zero attached hydrogens (tertiary/aromatic N) is 4. The number of aromatic nitrogens is 3. The second-order valence-electron chi connectivity index (χ2n) is 6.48. The van der Waals surface area contributed by atoms with E-state index in [1.165, 1.54) is 11.8 Å². The molecule has 0 saturated carbocycles. The summed E-state index contributed by atoms with van der Waals surface area (Å²) >= 11 is 7.45. The van der Waals surface area contributed by atoms with E-state index in [0.717, 1.165) is 22.6 Å². The van der Waals surface area contributed by atoms with E-state index in [4.69, 9.17) is 11.6 Å². The van der Waals surface area contributed by atoms with Crippen LogP contribution in [-0.2, 0) is 4.79 Å². The third-order valence-electron chi connectivity index (χ3n) is 4.07. The molecular weight excluding hydrogens is 380 g/mol. The van der Waals surface area contributed by atoms with Crippen LogP contribution in [0.5, 0.6) is 0 Å². The van der Waals surface area contributed by atoms with Crippen LogP contribution in [0.2, 0.25) is 5.02 Å². The first-order valence-electron chi connectivity index (χ1n) is 8.53. The first-order valence-corrected chi connectivity index (χ1v) is 9.79. The van der Waals surface area contributed by atoms with E-state index < -0.39 is 0 Å². The Hall–Kier alpha value is -2.31. The Kier molecular flexibility index (Phi) is 5.87. The predicted molar refractivity (Wildman–Crippen MR) is 111 cm³/mol. The number of carbonyl (C=O) groups excluding carboxylic acids is 1. The highest BCUT2D eigenvalue weighted by Crippen LogP contribution is 2.31. The number of aryl methyl sites for hydroxylation is 1. The van der Waals surface area contributed by atoms with Crippen molar-refractivity contribution in [3.05, 3.63) is 59.1 Å². The van der Waals surface area contributed by atoms with Gasteiger partial charge in [0.05, 0.1) is 5.25 Å². The summed E-state index contributed by atoms with van der Waals surface area (Å²) in [5.74, 6) is 0.760. The van der Waals surface area contributed by atoms with Crippen LogP contribution >= 0.6 is 23.4 Å². The topological polar surface area (TPSA) is 51.0 Å². The fourth-order valence-electron chi connectivity index (χ4n) is 2.71. The normalized spacial score (nSPS) is 12.0. The van der Waals surface area contributed by atoms with Gasteiger partial charge in [0, 0.05) is 30.4 Å². The van der Waals surface area contributed by atoms with Gasteiger partial charge in [-0.1, -0.05) is 47.1 Å². The lowest BCUT2D eigenvalue weighted by atomic mass is 10.1. The maximum absolute atomic E-state index is 12.3. The first kappa shape index (κ1) is 19.5. The maximum Gasteiger partial charge on any atom is 0.235 e. The second-order valence-corrected chi connectivity index (χ2v) is 8.22. The Morgan fingerprint density at radius 2 is 1.85 bits per heavy atom. The molecule has 0 spiro atoms. The Bertz CT molecular complexity index is 953. The van der Waals surface area contributed by atoms with Crippen LogP contribution in [-0.4, -0.2) is 44.9 Å². The molecule has 0 saturated heterocycles. The third-order valence-corrected chi connectivity index (χ3v) is 5.35. The van der Waals surface area contributed by atoms with Crippen molar-refractivity contribution in [2.45, 2.75) is 24.3 Å². The summed E-state index contributed by atoms with van der Waals surface area (Å²) in [6.07, 6.45) is 0. The van der Waals surface area contributed by atoms with Crippen LogP contribution < -0.4 is 0 Å². The van der Waals surface area contributed by atoms with E-state index in [2.05, 4.69) is 16.3 Å². The fraction of sp³-hybridized carbons (Fsp3) is 0.250. The third kappa shape index (κ3) is 4.34. The van der Waals surface area contributed by atoms with Gasteiger partial charge in [-0.15, -0.1) is 10.2 Å². The summed E-state index contributed by atoms with van der Waals surface area (Å²) in [4.78, 5) is 13.9. The quantitative estimate of drug-likeness (QED) is 0.593. The summed E-state index contributed by atoms with van der Waals surface area (Å²) in [7, 11) is 3.50. The van der Waals surface area contributed by atoms with Gasteiger partial charge in [0.15, 0.2) is 11.0 Å². The minimum atomic E-state index is -0.277. The molecule has 0 bridgehead atoms. The van der Waals surface area contributed by atoms with E-state index in [1.807, 2.05) is 60.9 Å². The number of carbonyl (C=O) groups is 1. The highest BCUT2D eigenvalue weighted by molar-refractivity contribution is 8.00. The van der Waals surface area contributed by atoms with E-state index in [1.54, 1.807) is 19.0 Å². The zero-order chi connectivity index (χ0) is 19.6. The van der Waals surface area contributed by atoms with Gasteiger partial charge in [-0.2, -0.15) is 0 Å². The van der Waals surface area contributed by atoms with Crippen LogP contribution in [0.4, 0.5) is 0 Å². The van der Waals surface area contributed by atoms with Gasteiger partial charge in [0.2, 0.25) is 5.91 Å². The molecule has 1 aromatic heterocycles. The number of hydrogen-bond donors (Lipinski definition) is 0. The molecule has 0 N–H and O–H groups in total. The zero-order valence-corrected chi connectivity index (χ0v) is 17.3. The van der Waals surface area contributed by atoms with Gasteiger partial charge in [-0.25, -0.2) is 0 Å². The van der Waals surface area contributed by atoms with Crippen LogP contribution in [0.1, 0.15) is 12.5 Å². The zero-order valence-electron chi connectivity index (χ0n) is 15.7. The van der Waals surface area contributed by atoms with Gasteiger partial charge in [0.1, 0.15) is 0 Å². The summed E-state index contributed by atoms with van der Waals surface area (Å²) in [5.41, 5.74) is 3.01. The van der Waals surface area contributed by atoms with Gasteiger partial charge in [0.25, 0.3) is 0 Å². The van der Waals surface area contributed by atoms with Gasteiger partial charge in [-0.05, 0) is 44.2 Å². The molecular formula is C20H21ClN4OS. The van der Waals surface area contributed by atoms with Gasteiger partial charge < -0.3 is 4.90 Å². The monoisotopic (exact) mass is 400 g/mol. The standard InChI is InChI=1S/C20H21ClN4OS/c1-13-6-5-7-15(12-13)18-22-23-20(27-14(2)19(26)24(3)4)25(18)17-10-8-16(21)9-11-17/h5-12,14H,1-4H3. The molecule has 0 fully saturated rings. The molecule has 5 nitrogen and oxygen atoms in total. The summed E-state index contributed by atoms with van der Waals surface area (Å²) in [6.45, 7) is 3.92. The van der Waals surface area contributed by atoms with Crippen LogP contribution in [0.3, 0.4) is 0 Å². The molecule has 1 unspecified atom stereocenters. The average molecular weight is 401 g/mol. The number of benzene rings is 2. The smallest absolute Gasteiger partial charge is 0.235 e.